The van der Waals surface area contributed by atoms with Gasteiger partial charge >= 0.3 is 0 Å². The monoisotopic (exact) mass is 400 g/mol. The predicted octanol–water partition coefficient (Wildman–Crippen LogP) is 5.44. The van der Waals surface area contributed by atoms with Gasteiger partial charge in [0.2, 0.25) is 5.24 Å². The second kappa shape index (κ2) is 9.18. The minimum absolute atomic E-state index is 0.0302. The molecule has 0 heterocycles. The first kappa shape index (κ1) is 20.3. The zero-order valence-electron chi connectivity index (χ0n) is 16.2. The second-order valence-corrected chi connectivity index (χ2v) is 11.1. The Morgan fingerprint density at radius 2 is 1.44 bits per heavy atom. The Labute approximate surface area is 170 Å². The lowest BCUT2D eigenvalue weighted by molar-refractivity contribution is -0.116. The molecule has 1 aliphatic rings. The lowest BCUT2D eigenvalue weighted by Crippen LogP contribution is -2.31. The molecule has 144 valence electrons. The number of hydrogen-bond donors (Lipinski definition) is 0. The maximum atomic E-state index is 11.4. The van der Waals surface area contributed by atoms with Gasteiger partial charge in [-0.3, -0.25) is 4.79 Å². The number of rotatable bonds is 7. The van der Waals surface area contributed by atoms with E-state index in [0.717, 1.165) is 25.7 Å². The molecule has 0 N–H and O–H groups in total. The highest BCUT2D eigenvalue weighted by Crippen LogP contribution is 2.46. The number of carbonyl (C=O) groups is 1. The summed E-state index contributed by atoms with van der Waals surface area (Å²) >= 11 is 5.66. The topological polar surface area (TPSA) is 26.3 Å². The fraction of sp³-hybridized carbons (Fsp3) is 0.435. The molecule has 0 amide bonds. The Balaban J connectivity index is 1.71. The van der Waals surface area contributed by atoms with Crippen molar-refractivity contribution in [2.45, 2.75) is 56.6 Å². The van der Waals surface area contributed by atoms with Crippen LogP contribution in [0.5, 0.6) is 0 Å². The summed E-state index contributed by atoms with van der Waals surface area (Å²) in [5.41, 5.74) is 2.70. The summed E-state index contributed by atoms with van der Waals surface area (Å²) in [7, 11) is -0.795. The summed E-state index contributed by atoms with van der Waals surface area (Å²) in [6.07, 6.45) is 3.92. The Hall–Kier alpha value is -1.42. The highest BCUT2D eigenvalue weighted by atomic mass is 35.5. The van der Waals surface area contributed by atoms with Gasteiger partial charge in [-0.05, 0) is 53.4 Å². The lowest BCUT2D eigenvalue weighted by Gasteiger charge is -2.37. The predicted molar refractivity (Wildman–Crippen MR) is 115 cm³/mol. The van der Waals surface area contributed by atoms with Gasteiger partial charge in [-0.2, -0.15) is 0 Å². The van der Waals surface area contributed by atoms with E-state index in [2.05, 4.69) is 74.5 Å². The average Bonchev–Trinajstić information content (AvgIpc) is 2.68. The van der Waals surface area contributed by atoms with Crippen LogP contribution in [0.15, 0.2) is 60.7 Å². The van der Waals surface area contributed by atoms with Crippen molar-refractivity contribution in [3.05, 3.63) is 71.8 Å². The van der Waals surface area contributed by atoms with Gasteiger partial charge in [-0.1, -0.05) is 74.5 Å². The van der Waals surface area contributed by atoms with Gasteiger partial charge in [-0.25, -0.2) is 0 Å². The molecule has 0 saturated heterocycles. The van der Waals surface area contributed by atoms with Crippen LogP contribution < -0.4 is 0 Å². The second-order valence-electron chi connectivity index (χ2n) is 8.33. The van der Waals surface area contributed by atoms with E-state index in [1.165, 1.54) is 11.1 Å². The Morgan fingerprint density at radius 3 is 1.89 bits per heavy atom. The van der Waals surface area contributed by atoms with E-state index < -0.39 is 9.76 Å². The van der Waals surface area contributed by atoms with Crippen LogP contribution >= 0.6 is 11.6 Å². The van der Waals surface area contributed by atoms with Crippen molar-refractivity contribution < 1.29 is 9.22 Å². The zero-order valence-corrected chi connectivity index (χ0v) is 18.4. The van der Waals surface area contributed by atoms with E-state index in [1.54, 1.807) is 0 Å². The van der Waals surface area contributed by atoms with E-state index in [-0.39, 0.29) is 22.3 Å². The van der Waals surface area contributed by atoms with Crippen LogP contribution in [0.1, 0.15) is 56.6 Å². The molecule has 2 nitrogen and oxygen atoms in total. The summed E-state index contributed by atoms with van der Waals surface area (Å²) in [5, 5.41) is -0.0961. The molecule has 4 heteroatoms. The zero-order chi connectivity index (χ0) is 19.3. The van der Waals surface area contributed by atoms with E-state index in [9.17, 15) is 4.79 Å². The molecule has 0 atom stereocenters. The minimum Gasteiger partial charge on any atom is -0.421 e. The molecule has 0 radical (unpaired) electrons. The third-order valence-corrected chi connectivity index (χ3v) is 7.83. The van der Waals surface area contributed by atoms with Gasteiger partial charge in [0.25, 0.3) is 0 Å². The van der Waals surface area contributed by atoms with Gasteiger partial charge in [0.05, 0.1) is 0 Å². The molecule has 2 aromatic rings. The van der Waals surface area contributed by atoms with Crippen LogP contribution in [-0.4, -0.2) is 21.1 Å². The summed E-state index contributed by atoms with van der Waals surface area (Å²) in [5.74, 6) is 0.356. The number of hydrogen-bond acceptors (Lipinski definition) is 2. The fourth-order valence-corrected chi connectivity index (χ4v) is 6.11. The summed E-state index contributed by atoms with van der Waals surface area (Å²) in [6, 6.07) is 21.5. The van der Waals surface area contributed by atoms with Crippen molar-refractivity contribution in [1.82, 2.24) is 0 Å². The third kappa shape index (κ3) is 5.31. The third-order valence-electron chi connectivity index (χ3n) is 5.73. The van der Waals surface area contributed by atoms with Crippen LogP contribution in [-0.2, 0) is 9.22 Å². The van der Waals surface area contributed by atoms with E-state index in [0.29, 0.717) is 5.92 Å². The smallest absolute Gasteiger partial charge is 0.224 e. The maximum absolute atomic E-state index is 11.4. The molecule has 27 heavy (non-hydrogen) atoms. The molecule has 0 unspecified atom stereocenters. The molecule has 0 bridgehead atoms. The molecule has 1 fully saturated rings. The van der Waals surface area contributed by atoms with Crippen molar-refractivity contribution in [2.75, 3.05) is 0 Å². The average molecular weight is 401 g/mol. The summed E-state index contributed by atoms with van der Waals surface area (Å²) < 4.78 is 6.48. The van der Waals surface area contributed by atoms with Crippen molar-refractivity contribution in [3.63, 3.8) is 0 Å². The Morgan fingerprint density at radius 1 is 0.963 bits per heavy atom. The van der Waals surface area contributed by atoms with Gasteiger partial charge < -0.3 is 4.43 Å². The van der Waals surface area contributed by atoms with Crippen molar-refractivity contribution >= 4 is 26.6 Å². The molecule has 0 aromatic heterocycles. The largest absolute Gasteiger partial charge is 0.421 e. The van der Waals surface area contributed by atoms with Gasteiger partial charge in [-0.15, -0.1) is 0 Å². The quantitative estimate of drug-likeness (QED) is 0.456. The first-order valence-electron chi connectivity index (χ1n) is 9.88. The SMILES string of the molecule is CC(C)([SiH2]OC1CCC(C(=O)Cl)CC1)C(c1ccccc1)c1ccccc1. The van der Waals surface area contributed by atoms with Crippen LogP contribution in [0.4, 0.5) is 0 Å². The maximum Gasteiger partial charge on any atom is 0.224 e. The van der Waals surface area contributed by atoms with Gasteiger partial charge in [0.1, 0.15) is 0 Å². The van der Waals surface area contributed by atoms with E-state index in [4.69, 9.17) is 16.0 Å². The molecule has 1 aliphatic carbocycles. The number of benzene rings is 2. The van der Waals surface area contributed by atoms with Gasteiger partial charge in [0.15, 0.2) is 9.76 Å². The van der Waals surface area contributed by atoms with Crippen LogP contribution in [0, 0.1) is 5.92 Å². The molecule has 0 spiro atoms. The van der Waals surface area contributed by atoms with Crippen molar-refractivity contribution in [2.24, 2.45) is 5.92 Å². The van der Waals surface area contributed by atoms with Crippen LogP contribution in [0.2, 0.25) is 5.04 Å². The Bertz CT molecular complexity index is 685. The summed E-state index contributed by atoms with van der Waals surface area (Å²) in [6.45, 7) is 4.69. The molecular weight excluding hydrogens is 372 g/mol. The van der Waals surface area contributed by atoms with E-state index >= 15 is 0 Å². The van der Waals surface area contributed by atoms with Crippen molar-refractivity contribution in [1.29, 1.82) is 0 Å². The number of halogens is 1. The first-order valence-corrected chi connectivity index (χ1v) is 11.5. The highest BCUT2D eigenvalue weighted by molar-refractivity contribution is 6.63. The normalized spacial score (nSPS) is 21.0. The first-order chi connectivity index (χ1) is 13.0. The Kier molecular flexibility index (Phi) is 6.91. The lowest BCUT2D eigenvalue weighted by atomic mass is 9.82. The standard InChI is InChI=1S/C23H29ClO2Si/c1-23(2,27-26-20-15-13-19(14-16-20)22(24)25)21(17-9-5-3-6-10-17)18-11-7-4-8-12-18/h3-12,19-21H,13-16,27H2,1-2H3. The van der Waals surface area contributed by atoms with E-state index in [1.807, 2.05) is 0 Å². The minimum atomic E-state index is -0.795. The molecular formula is C23H29ClO2Si. The van der Waals surface area contributed by atoms with Crippen LogP contribution in [0.25, 0.3) is 0 Å². The number of carbonyl (C=O) groups excluding carboxylic acids is 1. The highest BCUT2D eigenvalue weighted by Gasteiger charge is 2.34. The summed E-state index contributed by atoms with van der Waals surface area (Å²) in [4.78, 5) is 11.4. The molecule has 2 aromatic carbocycles. The van der Waals surface area contributed by atoms with Crippen molar-refractivity contribution in [3.8, 4) is 0 Å². The van der Waals surface area contributed by atoms with Crippen LogP contribution in [0.3, 0.4) is 0 Å². The molecule has 3 rings (SSSR count). The molecule has 1 saturated carbocycles. The van der Waals surface area contributed by atoms with Gasteiger partial charge in [0, 0.05) is 17.9 Å². The molecule has 0 aliphatic heterocycles. The fourth-order valence-electron chi connectivity index (χ4n) is 4.26.